The molecule has 3 fully saturated rings. The number of alkyl carbamates (subject to hydrolysis) is 1. The average molecular weight is 998 g/mol. The fourth-order valence-electron chi connectivity index (χ4n) is 11.6. The van der Waals surface area contributed by atoms with Gasteiger partial charge in [-0.3, -0.25) is 9.59 Å². The number of carbonyl (C=O) groups excluding carboxylic acids is 5. The molecule has 3 aliphatic carbocycles. The normalized spacial score (nSPS) is 31.4. The Labute approximate surface area is 409 Å². The summed E-state index contributed by atoms with van der Waals surface area (Å²) in [5.41, 5.74) is -6.80. The maximum absolute atomic E-state index is 14.8. The molecule has 1 saturated heterocycles. The van der Waals surface area contributed by atoms with Crippen molar-refractivity contribution in [3.05, 3.63) is 82.9 Å². The summed E-state index contributed by atoms with van der Waals surface area (Å²) in [6, 6.07) is 17.8. The summed E-state index contributed by atoms with van der Waals surface area (Å²) in [4.78, 5) is 69.8. The second kappa shape index (κ2) is 20.5. The van der Waals surface area contributed by atoms with Crippen LogP contribution in [0.5, 0.6) is 0 Å². The Hall–Kier alpha value is -4.22. The van der Waals surface area contributed by atoms with Gasteiger partial charge in [-0.05, 0) is 74.7 Å². The fraction of sp³-hybridized carbons (Fsp3) is 0.627. The van der Waals surface area contributed by atoms with Gasteiger partial charge in [0.15, 0.2) is 26.1 Å². The van der Waals surface area contributed by atoms with E-state index in [1.54, 1.807) is 109 Å². The quantitative estimate of drug-likeness (QED) is 0.0520. The van der Waals surface area contributed by atoms with Gasteiger partial charge in [0, 0.05) is 47.0 Å². The van der Waals surface area contributed by atoms with Crippen LogP contribution in [0.25, 0.3) is 0 Å². The van der Waals surface area contributed by atoms with E-state index in [0.29, 0.717) is 11.1 Å². The van der Waals surface area contributed by atoms with Gasteiger partial charge in [-0.1, -0.05) is 90.1 Å². The van der Waals surface area contributed by atoms with Crippen LogP contribution in [0.1, 0.15) is 118 Å². The number of esters is 4. The summed E-state index contributed by atoms with van der Waals surface area (Å²) >= 11 is 0. The first-order valence-electron chi connectivity index (χ1n) is 23.9. The lowest BCUT2D eigenvalue weighted by molar-refractivity contribution is -0.363. The van der Waals surface area contributed by atoms with Crippen molar-refractivity contribution in [1.29, 1.82) is 0 Å². The summed E-state index contributed by atoms with van der Waals surface area (Å²) in [5.74, 6) is -4.55. The molecule has 2 aromatic rings. The van der Waals surface area contributed by atoms with Crippen molar-refractivity contribution < 1.29 is 71.6 Å². The van der Waals surface area contributed by atoms with Gasteiger partial charge in [0.25, 0.3) is 0 Å². The highest BCUT2D eigenvalue weighted by atomic mass is 31.0. The van der Waals surface area contributed by atoms with E-state index in [4.69, 9.17) is 37.4 Å². The number of ether oxygens (including phenoxy) is 6. The number of aliphatic hydroxyl groups excluding tert-OH is 1. The van der Waals surface area contributed by atoms with Crippen LogP contribution in [0, 0.1) is 16.7 Å². The molecule has 2 bridgehead atoms. The maximum Gasteiger partial charge on any atom is 0.408 e. The standard InChI is InChI=1S/C51H72NO15PSi/c1-13-69(14-2,15-3)67-35-26-36-50(28-60-36,64-31(6)54)41-43(63-44(56)33-24-20-17-21-25-33)51(59)27-34(29(4)37(48(51,10)11)39(61-30(5)53)42(55)49(35,41)12)62-45(57)40(66-68)38(32-22-18-16-19-23-32)52-46(58)65-47(7,8)9/h16-25,34-36,38-43,55,59H,13-15,26-28,68H2,1-12H3,(H,52,58)/t34-,35-,36+,38-,39+,40+,41-,42-,43-,49+,50-,51+/m0/s1. The lowest BCUT2D eigenvalue weighted by Gasteiger charge is -2.70. The molecule has 6 rings (SSSR count). The number of rotatable bonds is 15. The zero-order valence-electron chi connectivity index (χ0n) is 42.0. The van der Waals surface area contributed by atoms with E-state index in [1.807, 2.05) is 0 Å². The van der Waals surface area contributed by atoms with Crippen LogP contribution in [-0.2, 0) is 51.8 Å². The fourth-order valence-corrected chi connectivity index (χ4v) is 14.8. The van der Waals surface area contributed by atoms with Crippen molar-refractivity contribution in [1.82, 2.24) is 5.32 Å². The maximum atomic E-state index is 14.8. The zero-order valence-corrected chi connectivity index (χ0v) is 44.1. The topological polar surface area (TPSA) is 212 Å². The van der Waals surface area contributed by atoms with Crippen molar-refractivity contribution in [3.8, 4) is 0 Å². The largest absolute Gasteiger partial charge is 0.456 e. The lowest BCUT2D eigenvalue weighted by atomic mass is 9.44. The molecule has 16 nitrogen and oxygen atoms in total. The molecular weight excluding hydrogens is 926 g/mol. The van der Waals surface area contributed by atoms with E-state index in [1.165, 1.54) is 13.8 Å². The molecule has 380 valence electrons. The molecule has 69 heavy (non-hydrogen) atoms. The molecule has 13 atom stereocenters. The lowest BCUT2D eigenvalue weighted by Crippen LogP contribution is -2.83. The molecule has 0 aromatic heterocycles. The molecular formula is C51H72NO15PSi. The van der Waals surface area contributed by atoms with Crippen LogP contribution in [0.15, 0.2) is 71.8 Å². The number of hydrogen-bond donors (Lipinski definition) is 3. The number of amides is 1. The molecule has 3 N–H and O–H groups in total. The Morgan fingerprint density at radius 3 is 2.00 bits per heavy atom. The van der Waals surface area contributed by atoms with Crippen LogP contribution in [-0.4, -0.2) is 115 Å². The van der Waals surface area contributed by atoms with Crippen molar-refractivity contribution in [2.24, 2.45) is 16.7 Å². The number of hydrogen-bond acceptors (Lipinski definition) is 15. The Balaban J connectivity index is 1.61. The smallest absolute Gasteiger partial charge is 0.408 e. The summed E-state index contributed by atoms with van der Waals surface area (Å²) in [6.07, 6.45) is -10.6. The SMILES string of the molecule is CC[Si](CC)(CC)O[C@H]1C[C@H]2OC[C@@]2(OC(C)=O)[C@H]2[C@H](OC(=O)c3ccccc3)[C@]3(O)C[C@H](OC(=O)[C@H](OP)[C@@H](NC(=O)OC(C)(C)C)c4ccccc4)C(C)=C([C@@H](OC(C)=O)[C@H](O)[C@]12C)C3(C)C. The number of nitrogens with one attached hydrogen (secondary N) is 1. The minimum Gasteiger partial charge on any atom is -0.456 e. The van der Waals surface area contributed by atoms with Gasteiger partial charge < -0.3 is 52.9 Å². The number of carbonyl (C=O) groups is 5. The van der Waals surface area contributed by atoms with E-state index >= 15 is 0 Å². The van der Waals surface area contributed by atoms with Crippen LogP contribution in [0.3, 0.4) is 0 Å². The molecule has 2 saturated carbocycles. The van der Waals surface area contributed by atoms with Crippen molar-refractivity contribution in [2.75, 3.05) is 6.61 Å². The summed E-state index contributed by atoms with van der Waals surface area (Å²) in [5, 5.41) is 30.5. The highest BCUT2D eigenvalue weighted by Crippen LogP contribution is 2.66. The van der Waals surface area contributed by atoms with Crippen LogP contribution in [0.2, 0.25) is 18.1 Å². The summed E-state index contributed by atoms with van der Waals surface area (Å²) in [7, 11) is -0.533. The first kappa shape index (κ1) is 54.1. The predicted molar refractivity (Wildman–Crippen MR) is 259 cm³/mol. The van der Waals surface area contributed by atoms with Crippen molar-refractivity contribution in [2.45, 2.75) is 180 Å². The molecule has 1 heterocycles. The second-order valence-corrected chi connectivity index (χ2v) is 25.8. The third-order valence-electron chi connectivity index (χ3n) is 15.5. The molecule has 18 heteroatoms. The van der Waals surface area contributed by atoms with E-state index < -0.39 is 127 Å². The number of fused-ring (bicyclic) bond motifs is 5. The summed E-state index contributed by atoms with van der Waals surface area (Å²) in [6.45, 7) is 20.4. The van der Waals surface area contributed by atoms with Crippen LogP contribution >= 0.6 is 9.47 Å². The van der Waals surface area contributed by atoms with E-state index in [-0.39, 0.29) is 24.2 Å². The van der Waals surface area contributed by atoms with Gasteiger partial charge in [0.2, 0.25) is 0 Å². The first-order valence-corrected chi connectivity index (χ1v) is 26.9. The van der Waals surface area contributed by atoms with Gasteiger partial charge in [0.1, 0.15) is 35.6 Å². The highest BCUT2D eigenvalue weighted by Gasteiger charge is 2.78. The van der Waals surface area contributed by atoms with Gasteiger partial charge in [-0.15, -0.1) is 0 Å². The number of aliphatic hydroxyl groups is 2. The average Bonchev–Trinajstić information content (AvgIpc) is 3.28. The van der Waals surface area contributed by atoms with Crippen molar-refractivity contribution >= 4 is 47.8 Å². The summed E-state index contributed by atoms with van der Waals surface area (Å²) < 4.78 is 50.8. The van der Waals surface area contributed by atoms with Gasteiger partial charge in [-0.2, -0.15) is 0 Å². The second-order valence-electron chi connectivity index (χ2n) is 20.8. The molecule has 1 aliphatic heterocycles. The van der Waals surface area contributed by atoms with E-state index in [9.17, 15) is 34.2 Å². The third kappa shape index (κ3) is 10.0. The highest BCUT2D eigenvalue weighted by molar-refractivity contribution is 7.09. The van der Waals surface area contributed by atoms with Crippen LogP contribution < -0.4 is 5.32 Å². The van der Waals surface area contributed by atoms with Gasteiger partial charge >= 0.3 is 30.0 Å². The molecule has 0 radical (unpaired) electrons. The Kier molecular flexibility index (Phi) is 16.1. The van der Waals surface area contributed by atoms with E-state index in [2.05, 4.69) is 35.6 Å². The van der Waals surface area contributed by atoms with Crippen molar-refractivity contribution in [3.63, 3.8) is 0 Å². The molecule has 1 unspecified atom stereocenters. The Morgan fingerprint density at radius 1 is 0.899 bits per heavy atom. The minimum atomic E-state index is -2.59. The van der Waals surface area contributed by atoms with Crippen LogP contribution in [0.4, 0.5) is 4.79 Å². The third-order valence-corrected chi connectivity index (χ3v) is 20.4. The van der Waals surface area contributed by atoms with E-state index in [0.717, 1.165) is 18.1 Å². The minimum absolute atomic E-state index is 0.147. The molecule has 1 amide bonds. The molecule has 2 aromatic carbocycles. The number of benzene rings is 2. The van der Waals surface area contributed by atoms with Gasteiger partial charge in [-0.25, -0.2) is 14.4 Å². The zero-order chi connectivity index (χ0) is 51.1. The molecule has 0 spiro atoms. The Bertz CT molecular complexity index is 2240. The first-order chi connectivity index (χ1) is 32.3. The monoisotopic (exact) mass is 997 g/mol. The molecule has 4 aliphatic rings. The van der Waals surface area contributed by atoms with Gasteiger partial charge in [0.05, 0.1) is 30.2 Å². The predicted octanol–water partition coefficient (Wildman–Crippen LogP) is 7.47. The Morgan fingerprint density at radius 2 is 1.49 bits per heavy atom.